The van der Waals surface area contributed by atoms with E-state index in [2.05, 4.69) is 5.32 Å². The van der Waals surface area contributed by atoms with E-state index in [-0.39, 0.29) is 0 Å². The number of ether oxygens (including phenoxy) is 1. The largest absolute Gasteiger partial charge is 0.378 e. The topological polar surface area (TPSA) is 21.3 Å². The van der Waals surface area contributed by atoms with Crippen LogP contribution < -0.4 is 5.32 Å². The molecule has 2 aliphatic rings. The molecule has 0 unspecified atom stereocenters. The average Bonchev–Trinajstić information content (AvgIpc) is 2.41. The van der Waals surface area contributed by atoms with Gasteiger partial charge in [-0.15, -0.1) is 0 Å². The van der Waals surface area contributed by atoms with Crippen molar-refractivity contribution in [1.29, 1.82) is 0 Å². The Morgan fingerprint density at radius 2 is 1.47 bits per heavy atom. The molecule has 0 bridgehead atoms. The monoisotopic (exact) mass is 239 g/mol. The summed E-state index contributed by atoms with van der Waals surface area (Å²) in [4.78, 5) is 0. The SMILES string of the molecule is C1CCC(NCCCOC2CCCCC2)CC1. The van der Waals surface area contributed by atoms with Gasteiger partial charge in [-0.1, -0.05) is 38.5 Å². The molecule has 0 aliphatic heterocycles. The Bertz CT molecular complexity index is 163. The zero-order chi connectivity index (χ0) is 11.8. The Morgan fingerprint density at radius 1 is 0.824 bits per heavy atom. The molecule has 0 radical (unpaired) electrons. The van der Waals surface area contributed by atoms with Crippen molar-refractivity contribution in [2.75, 3.05) is 13.2 Å². The minimum absolute atomic E-state index is 0.582. The van der Waals surface area contributed by atoms with Crippen molar-refractivity contribution in [3.8, 4) is 0 Å². The molecule has 1 N–H and O–H groups in total. The van der Waals surface area contributed by atoms with E-state index in [9.17, 15) is 0 Å². The van der Waals surface area contributed by atoms with Gasteiger partial charge in [0.2, 0.25) is 0 Å². The molecule has 0 heterocycles. The minimum atomic E-state index is 0.582. The van der Waals surface area contributed by atoms with Crippen LogP contribution in [0, 0.1) is 0 Å². The van der Waals surface area contributed by atoms with Crippen LogP contribution >= 0.6 is 0 Å². The zero-order valence-corrected chi connectivity index (χ0v) is 11.3. The molecule has 2 aliphatic carbocycles. The normalized spacial score (nSPS) is 24.0. The molecule has 0 atom stereocenters. The van der Waals surface area contributed by atoms with E-state index in [1.54, 1.807) is 0 Å². The average molecular weight is 239 g/mol. The Kier molecular flexibility index (Phi) is 6.36. The third-order valence-electron chi connectivity index (χ3n) is 4.27. The lowest BCUT2D eigenvalue weighted by Crippen LogP contribution is -2.32. The predicted octanol–water partition coefficient (Wildman–Crippen LogP) is 3.65. The fourth-order valence-corrected chi connectivity index (χ4v) is 3.17. The van der Waals surface area contributed by atoms with Crippen LogP contribution in [0.4, 0.5) is 0 Å². The maximum absolute atomic E-state index is 5.93. The van der Waals surface area contributed by atoms with Crippen LogP contribution in [0.25, 0.3) is 0 Å². The molecule has 0 spiro atoms. The molecule has 2 nitrogen and oxygen atoms in total. The third kappa shape index (κ3) is 5.39. The molecular weight excluding hydrogens is 210 g/mol. The first-order chi connectivity index (χ1) is 8.45. The summed E-state index contributed by atoms with van der Waals surface area (Å²) in [6, 6.07) is 0.804. The molecule has 0 aromatic carbocycles. The van der Waals surface area contributed by atoms with Gasteiger partial charge in [0, 0.05) is 12.6 Å². The second-order valence-electron chi connectivity index (χ2n) is 5.77. The van der Waals surface area contributed by atoms with E-state index >= 15 is 0 Å². The van der Waals surface area contributed by atoms with E-state index in [0.717, 1.165) is 19.2 Å². The zero-order valence-electron chi connectivity index (χ0n) is 11.3. The highest BCUT2D eigenvalue weighted by Gasteiger charge is 2.14. The van der Waals surface area contributed by atoms with Gasteiger partial charge in [-0.2, -0.15) is 0 Å². The van der Waals surface area contributed by atoms with Gasteiger partial charge in [-0.3, -0.25) is 0 Å². The molecule has 0 aromatic heterocycles. The molecular formula is C15H29NO. The summed E-state index contributed by atoms with van der Waals surface area (Å²) in [5, 5.41) is 3.68. The van der Waals surface area contributed by atoms with Crippen LogP contribution in [0.5, 0.6) is 0 Å². The fourth-order valence-electron chi connectivity index (χ4n) is 3.17. The van der Waals surface area contributed by atoms with Gasteiger partial charge in [-0.25, -0.2) is 0 Å². The van der Waals surface area contributed by atoms with Crippen molar-refractivity contribution < 1.29 is 4.74 Å². The Labute approximate surface area is 107 Å². The number of nitrogens with one attached hydrogen (secondary N) is 1. The molecule has 2 rings (SSSR count). The second-order valence-corrected chi connectivity index (χ2v) is 5.77. The second kappa shape index (κ2) is 8.10. The van der Waals surface area contributed by atoms with E-state index in [1.807, 2.05) is 0 Å². The highest BCUT2D eigenvalue weighted by Crippen LogP contribution is 2.20. The first kappa shape index (κ1) is 13.4. The minimum Gasteiger partial charge on any atom is -0.378 e. The van der Waals surface area contributed by atoms with Crippen molar-refractivity contribution in [2.24, 2.45) is 0 Å². The summed E-state index contributed by atoms with van der Waals surface area (Å²) in [5.41, 5.74) is 0. The Morgan fingerprint density at radius 3 is 2.18 bits per heavy atom. The first-order valence-corrected chi connectivity index (χ1v) is 7.80. The Hall–Kier alpha value is -0.0800. The van der Waals surface area contributed by atoms with Gasteiger partial charge in [0.15, 0.2) is 0 Å². The highest BCUT2D eigenvalue weighted by atomic mass is 16.5. The summed E-state index contributed by atoms with van der Waals surface area (Å²) in [6.07, 6.45) is 15.6. The quantitative estimate of drug-likeness (QED) is 0.714. The van der Waals surface area contributed by atoms with Gasteiger partial charge in [-0.05, 0) is 38.6 Å². The van der Waals surface area contributed by atoms with E-state index in [1.165, 1.54) is 70.6 Å². The van der Waals surface area contributed by atoms with Crippen LogP contribution in [0.3, 0.4) is 0 Å². The van der Waals surface area contributed by atoms with Gasteiger partial charge in [0.05, 0.1) is 6.10 Å². The lowest BCUT2D eigenvalue weighted by molar-refractivity contribution is 0.0270. The summed E-state index contributed by atoms with van der Waals surface area (Å²) in [7, 11) is 0. The number of rotatable bonds is 6. The smallest absolute Gasteiger partial charge is 0.0575 e. The van der Waals surface area contributed by atoms with Crippen molar-refractivity contribution in [3.63, 3.8) is 0 Å². The third-order valence-corrected chi connectivity index (χ3v) is 4.27. The number of hydrogen-bond acceptors (Lipinski definition) is 2. The van der Waals surface area contributed by atoms with Gasteiger partial charge in [0.25, 0.3) is 0 Å². The van der Waals surface area contributed by atoms with Crippen molar-refractivity contribution in [1.82, 2.24) is 5.32 Å². The van der Waals surface area contributed by atoms with Crippen LogP contribution in [-0.4, -0.2) is 25.3 Å². The maximum Gasteiger partial charge on any atom is 0.0575 e. The lowest BCUT2D eigenvalue weighted by atomic mass is 9.95. The van der Waals surface area contributed by atoms with Crippen LogP contribution in [-0.2, 0) is 4.74 Å². The molecule has 2 saturated carbocycles. The highest BCUT2D eigenvalue weighted by molar-refractivity contribution is 4.71. The van der Waals surface area contributed by atoms with Crippen LogP contribution in [0.15, 0.2) is 0 Å². The molecule has 100 valence electrons. The molecule has 0 amide bonds. The molecule has 17 heavy (non-hydrogen) atoms. The number of hydrogen-bond donors (Lipinski definition) is 1. The lowest BCUT2D eigenvalue weighted by Gasteiger charge is -2.24. The maximum atomic E-state index is 5.93. The first-order valence-electron chi connectivity index (χ1n) is 7.80. The molecule has 0 aromatic rings. The van der Waals surface area contributed by atoms with E-state index in [4.69, 9.17) is 4.74 Å². The standard InChI is InChI=1S/C15H29NO/c1-3-8-14(9-4-1)16-12-7-13-17-15-10-5-2-6-11-15/h14-16H,1-13H2. The van der Waals surface area contributed by atoms with Crippen molar-refractivity contribution in [3.05, 3.63) is 0 Å². The summed E-state index contributed by atoms with van der Waals surface area (Å²) in [5.74, 6) is 0. The van der Waals surface area contributed by atoms with E-state index in [0.29, 0.717) is 6.10 Å². The Balaban J connectivity index is 1.42. The summed E-state index contributed by atoms with van der Waals surface area (Å²) >= 11 is 0. The summed E-state index contributed by atoms with van der Waals surface area (Å²) in [6.45, 7) is 2.11. The summed E-state index contributed by atoms with van der Waals surface area (Å²) < 4.78 is 5.93. The predicted molar refractivity (Wildman–Crippen MR) is 72.3 cm³/mol. The fraction of sp³-hybridized carbons (Fsp3) is 1.00. The molecule has 2 fully saturated rings. The van der Waals surface area contributed by atoms with Crippen molar-refractivity contribution >= 4 is 0 Å². The van der Waals surface area contributed by atoms with Crippen LogP contribution in [0.2, 0.25) is 0 Å². The van der Waals surface area contributed by atoms with E-state index < -0.39 is 0 Å². The van der Waals surface area contributed by atoms with Crippen molar-refractivity contribution in [2.45, 2.75) is 82.8 Å². The van der Waals surface area contributed by atoms with Crippen LogP contribution in [0.1, 0.15) is 70.6 Å². The van der Waals surface area contributed by atoms with Gasteiger partial charge >= 0.3 is 0 Å². The van der Waals surface area contributed by atoms with Gasteiger partial charge < -0.3 is 10.1 Å². The van der Waals surface area contributed by atoms with Gasteiger partial charge in [0.1, 0.15) is 0 Å². The molecule has 0 saturated heterocycles. The molecule has 2 heteroatoms.